The van der Waals surface area contributed by atoms with E-state index in [0.717, 1.165) is 11.1 Å². The standard InChI is InChI=1S/C29H28N2O5/c1-3-30-25(33)20-13-12-19-21(23(20)27(30)35)15-22-26(34)31(17-9-5-4-6-10-17)28(36)29(22,2)24(19)16-8-7-11-18(32)14-16/h4-12,14,20-24,32H,3,13,15H2,1-2H3. The number of phenols is 1. The highest BCUT2D eigenvalue weighted by atomic mass is 16.3. The molecule has 184 valence electrons. The van der Waals surface area contributed by atoms with Crippen molar-refractivity contribution in [2.45, 2.75) is 32.6 Å². The number of amides is 4. The highest BCUT2D eigenvalue weighted by molar-refractivity contribution is 6.24. The third-order valence-electron chi connectivity index (χ3n) is 8.90. The smallest absolute Gasteiger partial charge is 0.241 e. The lowest BCUT2D eigenvalue weighted by Gasteiger charge is -2.49. The number of fused-ring (bicyclic) bond motifs is 4. The lowest BCUT2D eigenvalue weighted by molar-refractivity contribution is -0.140. The molecule has 1 saturated carbocycles. The van der Waals surface area contributed by atoms with E-state index in [9.17, 15) is 24.3 Å². The quantitative estimate of drug-likeness (QED) is 0.530. The Morgan fingerprint density at radius 3 is 2.39 bits per heavy atom. The minimum Gasteiger partial charge on any atom is -0.508 e. The van der Waals surface area contributed by atoms with E-state index in [1.807, 2.05) is 25.1 Å². The van der Waals surface area contributed by atoms with Crippen LogP contribution in [0.25, 0.3) is 0 Å². The molecule has 7 nitrogen and oxygen atoms in total. The number of carbonyl (C=O) groups excluding carboxylic acids is 4. The summed E-state index contributed by atoms with van der Waals surface area (Å²) in [6.45, 7) is 3.97. The van der Waals surface area contributed by atoms with E-state index in [1.54, 1.807) is 49.4 Å². The fourth-order valence-electron chi connectivity index (χ4n) is 7.30. The number of benzene rings is 2. The van der Waals surface area contributed by atoms with Crippen LogP contribution in [-0.4, -0.2) is 40.2 Å². The fraction of sp³-hybridized carbons (Fsp3) is 0.379. The van der Waals surface area contributed by atoms with Crippen molar-refractivity contribution in [1.82, 2.24) is 4.90 Å². The van der Waals surface area contributed by atoms with E-state index in [4.69, 9.17) is 0 Å². The molecular weight excluding hydrogens is 456 g/mol. The van der Waals surface area contributed by atoms with Crippen LogP contribution in [0.3, 0.4) is 0 Å². The first-order chi connectivity index (χ1) is 17.3. The first-order valence-electron chi connectivity index (χ1n) is 12.6. The zero-order valence-corrected chi connectivity index (χ0v) is 20.3. The first kappa shape index (κ1) is 22.7. The number of imide groups is 2. The third-order valence-corrected chi connectivity index (χ3v) is 8.90. The average Bonchev–Trinajstić information content (AvgIpc) is 3.23. The van der Waals surface area contributed by atoms with Gasteiger partial charge in [-0.25, -0.2) is 4.90 Å². The van der Waals surface area contributed by atoms with Crippen LogP contribution in [0, 0.1) is 29.1 Å². The summed E-state index contributed by atoms with van der Waals surface area (Å²) in [5.41, 5.74) is 1.09. The van der Waals surface area contributed by atoms with Gasteiger partial charge in [-0.15, -0.1) is 0 Å². The van der Waals surface area contributed by atoms with E-state index in [-0.39, 0.29) is 35.3 Å². The number of para-hydroxylation sites is 1. The second-order valence-corrected chi connectivity index (χ2v) is 10.5. The third kappa shape index (κ3) is 2.85. The SMILES string of the molecule is CCN1C(=O)C2CC=C3C(CC4C(=O)N(c5ccccc5)C(=O)C4(C)C3c3cccc(O)c3)C2C1=O. The summed E-state index contributed by atoms with van der Waals surface area (Å²) in [5.74, 6) is -3.25. The molecule has 2 aromatic rings. The molecule has 2 heterocycles. The maximum atomic E-state index is 14.1. The van der Waals surface area contributed by atoms with Gasteiger partial charge in [0.1, 0.15) is 5.75 Å². The molecule has 0 aromatic heterocycles. The van der Waals surface area contributed by atoms with E-state index >= 15 is 0 Å². The summed E-state index contributed by atoms with van der Waals surface area (Å²) in [6.07, 6.45) is 2.79. The van der Waals surface area contributed by atoms with Gasteiger partial charge in [-0.3, -0.25) is 24.1 Å². The largest absolute Gasteiger partial charge is 0.508 e. The van der Waals surface area contributed by atoms with Crippen LogP contribution < -0.4 is 4.90 Å². The van der Waals surface area contributed by atoms with Crippen molar-refractivity contribution < 1.29 is 24.3 Å². The zero-order valence-electron chi connectivity index (χ0n) is 20.3. The summed E-state index contributed by atoms with van der Waals surface area (Å²) < 4.78 is 0. The zero-order chi connectivity index (χ0) is 25.4. The molecule has 2 saturated heterocycles. The van der Waals surface area contributed by atoms with Crippen molar-refractivity contribution in [1.29, 1.82) is 0 Å². The minimum atomic E-state index is -1.09. The Bertz CT molecular complexity index is 1330. The number of anilines is 1. The van der Waals surface area contributed by atoms with Crippen LogP contribution >= 0.6 is 0 Å². The molecule has 0 spiro atoms. The first-order valence-corrected chi connectivity index (χ1v) is 12.6. The van der Waals surface area contributed by atoms with Crippen LogP contribution in [0.2, 0.25) is 0 Å². The van der Waals surface area contributed by atoms with Gasteiger partial charge in [0.25, 0.3) is 0 Å². The van der Waals surface area contributed by atoms with Crippen molar-refractivity contribution in [3.05, 3.63) is 71.8 Å². The Labute approximate surface area is 209 Å². The van der Waals surface area contributed by atoms with Gasteiger partial charge in [0, 0.05) is 12.5 Å². The topological polar surface area (TPSA) is 95.0 Å². The number of allylic oxidation sites excluding steroid dienone is 2. The van der Waals surface area contributed by atoms with Gasteiger partial charge in [0.05, 0.1) is 28.9 Å². The monoisotopic (exact) mass is 484 g/mol. The summed E-state index contributed by atoms with van der Waals surface area (Å²) in [5, 5.41) is 10.3. The van der Waals surface area contributed by atoms with E-state index in [1.165, 1.54) is 9.80 Å². The van der Waals surface area contributed by atoms with E-state index < -0.39 is 29.1 Å². The number of likely N-dealkylation sites (tertiary alicyclic amines) is 1. The summed E-state index contributed by atoms with van der Waals surface area (Å²) in [6, 6.07) is 15.7. The molecule has 2 aromatic carbocycles. The van der Waals surface area contributed by atoms with Crippen LogP contribution in [0.15, 0.2) is 66.2 Å². The van der Waals surface area contributed by atoms with E-state index in [0.29, 0.717) is 25.1 Å². The molecule has 2 aliphatic heterocycles. The molecule has 36 heavy (non-hydrogen) atoms. The number of nitrogens with zero attached hydrogens (tertiary/aromatic N) is 2. The number of carbonyl (C=O) groups is 4. The number of hydrogen-bond donors (Lipinski definition) is 1. The second-order valence-electron chi connectivity index (χ2n) is 10.5. The van der Waals surface area contributed by atoms with Gasteiger partial charge < -0.3 is 5.11 Å². The van der Waals surface area contributed by atoms with Crippen LogP contribution in [0.1, 0.15) is 38.2 Å². The highest BCUT2D eigenvalue weighted by Crippen LogP contribution is 2.63. The molecular formula is C29H28N2O5. The van der Waals surface area contributed by atoms with Gasteiger partial charge in [0.2, 0.25) is 23.6 Å². The minimum absolute atomic E-state index is 0.0741. The maximum Gasteiger partial charge on any atom is 0.241 e. The van der Waals surface area contributed by atoms with Crippen molar-refractivity contribution in [3.8, 4) is 5.75 Å². The number of aromatic hydroxyl groups is 1. The van der Waals surface area contributed by atoms with Crippen molar-refractivity contribution in [2.75, 3.05) is 11.4 Å². The Hall–Kier alpha value is -3.74. The number of rotatable bonds is 3. The normalized spacial score (nSPS) is 33.4. The Kier molecular flexibility index (Phi) is 4.97. The molecule has 0 bridgehead atoms. The molecule has 0 radical (unpaired) electrons. The molecule has 7 heteroatoms. The molecule has 6 rings (SSSR count). The molecule has 2 aliphatic carbocycles. The van der Waals surface area contributed by atoms with Gasteiger partial charge in [-0.05, 0) is 62.4 Å². The lowest BCUT2D eigenvalue weighted by atomic mass is 9.51. The van der Waals surface area contributed by atoms with Gasteiger partial charge in [-0.2, -0.15) is 0 Å². The van der Waals surface area contributed by atoms with Gasteiger partial charge >= 0.3 is 0 Å². The molecule has 4 aliphatic rings. The second kappa shape index (κ2) is 7.88. The summed E-state index contributed by atoms with van der Waals surface area (Å²) >= 11 is 0. The average molecular weight is 485 g/mol. The summed E-state index contributed by atoms with van der Waals surface area (Å²) in [7, 11) is 0. The molecule has 6 unspecified atom stereocenters. The number of phenolic OH excluding ortho intramolecular Hbond substituents is 1. The number of hydrogen-bond acceptors (Lipinski definition) is 5. The molecule has 1 N–H and O–H groups in total. The van der Waals surface area contributed by atoms with Crippen molar-refractivity contribution in [2.24, 2.45) is 29.1 Å². The van der Waals surface area contributed by atoms with Gasteiger partial charge in [0.15, 0.2) is 0 Å². The fourth-order valence-corrected chi connectivity index (χ4v) is 7.30. The molecule has 6 atom stereocenters. The van der Waals surface area contributed by atoms with E-state index in [2.05, 4.69) is 0 Å². The molecule has 3 fully saturated rings. The van der Waals surface area contributed by atoms with Crippen LogP contribution in [0.5, 0.6) is 5.75 Å². The molecule has 4 amide bonds. The van der Waals surface area contributed by atoms with Gasteiger partial charge in [-0.1, -0.05) is 42.0 Å². The van der Waals surface area contributed by atoms with Crippen molar-refractivity contribution in [3.63, 3.8) is 0 Å². The van der Waals surface area contributed by atoms with Crippen LogP contribution in [0.4, 0.5) is 5.69 Å². The van der Waals surface area contributed by atoms with Crippen LogP contribution in [-0.2, 0) is 19.2 Å². The summed E-state index contributed by atoms with van der Waals surface area (Å²) in [4.78, 5) is 57.1. The highest BCUT2D eigenvalue weighted by Gasteiger charge is 2.67. The predicted octanol–water partition coefficient (Wildman–Crippen LogP) is 3.64. The maximum absolute atomic E-state index is 14.1. The predicted molar refractivity (Wildman–Crippen MR) is 132 cm³/mol. The Morgan fingerprint density at radius 2 is 1.69 bits per heavy atom. The van der Waals surface area contributed by atoms with Crippen molar-refractivity contribution >= 4 is 29.3 Å². The lowest BCUT2D eigenvalue weighted by Crippen LogP contribution is -2.48. The Balaban J connectivity index is 1.53. The Morgan fingerprint density at radius 1 is 0.944 bits per heavy atom.